The van der Waals surface area contributed by atoms with E-state index in [-0.39, 0.29) is 25.0 Å². The summed E-state index contributed by atoms with van der Waals surface area (Å²) in [7, 11) is 0. The third-order valence-electron chi connectivity index (χ3n) is 3.55. The Hall–Kier alpha value is -2.25. The van der Waals surface area contributed by atoms with Crippen molar-refractivity contribution >= 4 is 28.3 Å². The molecule has 0 spiro atoms. The highest BCUT2D eigenvalue weighted by Crippen LogP contribution is 2.19. The molecule has 0 bridgehead atoms. The maximum absolute atomic E-state index is 12.5. The lowest BCUT2D eigenvalue weighted by atomic mass is 10.1. The van der Waals surface area contributed by atoms with Gasteiger partial charge < -0.3 is 15.0 Å². The number of carbonyl (C=O) groups is 2. The normalized spacial score (nSPS) is 18.0. The van der Waals surface area contributed by atoms with Gasteiger partial charge in [0, 0.05) is 17.6 Å². The number of nitrogens with zero attached hydrogens (tertiary/aromatic N) is 2. The van der Waals surface area contributed by atoms with Gasteiger partial charge >= 0.3 is 0 Å². The van der Waals surface area contributed by atoms with E-state index in [0.29, 0.717) is 11.7 Å². The lowest BCUT2D eigenvalue weighted by Crippen LogP contribution is -2.54. The van der Waals surface area contributed by atoms with E-state index in [1.807, 2.05) is 37.3 Å². The summed E-state index contributed by atoms with van der Waals surface area (Å²) in [5.74, 6) is -0.459. The first-order valence-corrected chi connectivity index (χ1v) is 8.09. The standard InChI is InChI=1S/C16H17N3O3S/c1-11-7-17-16(23-11)18-15(21)13-9-22-10-14(20)19(13)8-12-5-3-2-4-6-12/h2-7,13H,8-10H2,1H3,(H,17,18,21)/t13-/m1/s1. The first kappa shape index (κ1) is 15.6. The van der Waals surface area contributed by atoms with Gasteiger partial charge in [-0.2, -0.15) is 0 Å². The Bertz CT molecular complexity index is 702. The molecule has 120 valence electrons. The predicted octanol–water partition coefficient (Wildman–Crippen LogP) is 1.82. The number of rotatable bonds is 4. The van der Waals surface area contributed by atoms with Crippen LogP contribution < -0.4 is 5.32 Å². The molecule has 2 amide bonds. The van der Waals surface area contributed by atoms with Gasteiger partial charge in [0.15, 0.2) is 5.13 Å². The Labute approximate surface area is 138 Å². The van der Waals surface area contributed by atoms with E-state index in [4.69, 9.17) is 4.74 Å². The second kappa shape index (κ2) is 6.89. The number of amides is 2. The molecule has 1 fully saturated rings. The fourth-order valence-corrected chi connectivity index (χ4v) is 3.07. The minimum absolute atomic E-state index is 0.00692. The quantitative estimate of drug-likeness (QED) is 0.927. The molecule has 2 heterocycles. The summed E-state index contributed by atoms with van der Waals surface area (Å²) >= 11 is 1.40. The third-order valence-corrected chi connectivity index (χ3v) is 4.38. The first-order chi connectivity index (χ1) is 11.1. The SMILES string of the molecule is Cc1cnc(NC(=O)[C@H]2COCC(=O)N2Cc2ccccc2)s1. The predicted molar refractivity (Wildman–Crippen MR) is 87.1 cm³/mol. The molecule has 1 aromatic heterocycles. The molecule has 23 heavy (non-hydrogen) atoms. The molecule has 7 heteroatoms. The molecule has 0 radical (unpaired) electrons. The Morgan fingerprint density at radius 2 is 2.22 bits per heavy atom. The van der Waals surface area contributed by atoms with Crippen LogP contribution in [0.1, 0.15) is 10.4 Å². The summed E-state index contributed by atoms with van der Waals surface area (Å²) < 4.78 is 5.26. The summed E-state index contributed by atoms with van der Waals surface area (Å²) in [6.07, 6.45) is 1.70. The van der Waals surface area contributed by atoms with Crippen LogP contribution in [0.4, 0.5) is 5.13 Å². The van der Waals surface area contributed by atoms with Gasteiger partial charge in [-0.05, 0) is 12.5 Å². The number of morpholine rings is 1. The van der Waals surface area contributed by atoms with Crippen molar-refractivity contribution in [2.75, 3.05) is 18.5 Å². The van der Waals surface area contributed by atoms with E-state index >= 15 is 0 Å². The average Bonchev–Trinajstić information content (AvgIpc) is 2.95. The summed E-state index contributed by atoms with van der Waals surface area (Å²) in [4.78, 5) is 31.4. The minimum Gasteiger partial charge on any atom is -0.369 e. The highest BCUT2D eigenvalue weighted by molar-refractivity contribution is 7.15. The zero-order chi connectivity index (χ0) is 16.2. The van der Waals surface area contributed by atoms with Crippen molar-refractivity contribution in [1.82, 2.24) is 9.88 Å². The van der Waals surface area contributed by atoms with Crippen molar-refractivity contribution in [3.63, 3.8) is 0 Å². The largest absolute Gasteiger partial charge is 0.369 e. The van der Waals surface area contributed by atoms with Crippen LogP contribution in [0.3, 0.4) is 0 Å². The first-order valence-electron chi connectivity index (χ1n) is 7.28. The molecule has 1 N–H and O–H groups in total. The molecule has 0 aliphatic carbocycles. The van der Waals surface area contributed by atoms with E-state index in [2.05, 4.69) is 10.3 Å². The van der Waals surface area contributed by atoms with E-state index < -0.39 is 6.04 Å². The number of aromatic nitrogens is 1. The van der Waals surface area contributed by atoms with Crippen LogP contribution in [0, 0.1) is 6.92 Å². The Morgan fingerprint density at radius 3 is 2.91 bits per heavy atom. The van der Waals surface area contributed by atoms with Crippen molar-refractivity contribution in [3.05, 3.63) is 47.0 Å². The molecule has 6 nitrogen and oxygen atoms in total. The number of hydrogen-bond donors (Lipinski definition) is 1. The zero-order valence-electron chi connectivity index (χ0n) is 12.7. The van der Waals surface area contributed by atoms with Crippen molar-refractivity contribution in [2.45, 2.75) is 19.5 Å². The van der Waals surface area contributed by atoms with Gasteiger partial charge in [-0.3, -0.25) is 9.59 Å². The molecule has 1 saturated heterocycles. The topological polar surface area (TPSA) is 71.5 Å². The van der Waals surface area contributed by atoms with Crippen LogP contribution in [-0.4, -0.2) is 41.0 Å². The maximum Gasteiger partial charge on any atom is 0.251 e. The minimum atomic E-state index is -0.652. The van der Waals surface area contributed by atoms with Crippen molar-refractivity contribution < 1.29 is 14.3 Å². The summed E-state index contributed by atoms with van der Waals surface area (Å²) in [5, 5.41) is 3.30. The van der Waals surface area contributed by atoms with E-state index in [1.165, 1.54) is 11.3 Å². The maximum atomic E-state index is 12.5. The van der Waals surface area contributed by atoms with Crippen LogP contribution >= 0.6 is 11.3 Å². The van der Waals surface area contributed by atoms with Crippen molar-refractivity contribution in [1.29, 1.82) is 0 Å². The lowest BCUT2D eigenvalue weighted by molar-refractivity contribution is -0.154. The number of benzene rings is 1. The molecular formula is C16H17N3O3S. The van der Waals surface area contributed by atoms with Gasteiger partial charge in [-0.25, -0.2) is 4.98 Å². The number of anilines is 1. The number of carbonyl (C=O) groups excluding carboxylic acids is 2. The third kappa shape index (κ3) is 3.75. The van der Waals surface area contributed by atoms with Crippen molar-refractivity contribution in [2.24, 2.45) is 0 Å². The molecule has 0 saturated carbocycles. The van der Waals surface area contributed by atoms with Crippen LogP contribution in [0.5, 0.6) is 0 Å². The average molecular weight is 331 g/mol. The van der Waals surface area contributed by atoms with E-state index in [0.717, 1.165) is 10.4 Å². The van der Waals surface area contributed by atoms with Gasteiger partial charge in [-0.15, -0.1) is 11.3 Å². The van der Waals surface area contributed by atoms with Gasteiger partial charge in [0.1, 0.15) is 12.6 Å². The van der Waals surface area contributed by atoms with Crippen LogP contribution in [-0.2, 0) is 20.9 Å². The van der Waals surface area contributed by atoms with Gasteiger partial charge in [-0.1, -0.05) is 30.3 Å². The summed E-state index contributed by atoms with van der Waals surface area (Å²) in [6, 6.07) is 8.95. The smallest absolute Gasteiger partial charge is 0.251 e. The van der Waals surface area contributed by atoms with Crippen LogP contribution in [0.2, 0.25) is 0 Å². The number of thiazole rings is 1. The van der Waals surface area contributed by atoms with Gasteiger partial charge in [0.25, 0.3) is 5.91 Å². The fraction of sp³-hybridized carbons (Fsp3) is 0.312. The number of ether oxygens (including phenoxy) is 1. The van der Waals surface area contributed by atoms with Gasteiger partial charge in [0.05, 0.1) is 6.61 Å². The Balaban J connectivity index is 1.74. The van der Waals surface area contributed by atoms with Gasteiger partial charge in [0.2, 0.25) is 5.91 Å². The summed E-state index contributed by atoms with van der Waals surface area (Å²) in [5.41, 5.74) is 0.977. The molecule has 1 atom stereocenters. The Kier molecular flexibility index (Phi) is 4.68. The molecule has 1 aliphatic rings. The number of nitrogens with one attached hydrogen (secondary N) is 1. The van der Waals surface area contributed by atoms with E-state index in [1.54, 1.807) is 11.1 Å². The second-order valence-corrected chi connectivity index (χ2v) is 6.54. The molecule has 1 aliphatic heterocycles. The van der Waals surface area contributed by atoms with E-state index in [9.17, 15) is 9.59 Å². The summed E-state index contributed by atoms with van der Waals surface area (Å²) in [6.45, 7) is 2.50. The zero-order valence-corrected chi connectivity index (χ0v) is 13.5. The molecule has 2 aromatic rings. The van der Waals surface area contributed by atoms with Crippen LogP contribution in [0.25, 0.3) is 0 Å². The lowest BCUT2D eigenvalue weighted by Gasteiger charge is -2.34. The monoisotopic (exact) mass is 331 g/mol. The molecule has 0 unspecified atom stereocenters. The molecular weight excluding hydrogens is 314 g/mol. The van der Waals surface area contributed by atoms with Crippen LogP contribution in [0.15, 0.2) is 36.5 Å². The highest BCUT2D eigenvalue weighted by Gasteiger charge is 2.34. The number of aryl methyl sites for hydroxylation is 1. The molecule has 1 aromatic carbocycles. The second-order valence-electron chi connectivity index (χ2n) is 5.30. The fourth-order valence-electron chi connectivity index (χ4n) is 2.40. The number of hydrogen-bond acceptors (Lipinski definition) is 5. The Morgan fingerprint density at radius 1 is 1.43 bits per heavy atom. The highest BCUT2D eigenvalue weighted by atomic mass is 32.1. The molecule has 3 rings (SSSR count). The van der Waals surface area contributed by atoms with Crippen molar-refractivity contribution in [3.8, 4) is 0 Å².